The average Bonchev–Trinajstić information content (AvgIpc) is 2.00. The third-order valence-corrected chi connectivity index (χ3v) is 1.78. The third-order valence-electron chi connectivity index (χ3n) is 1.55. The van der Waals surface area contributed by atoms with Crippen LogP contribution >= 0.6 is 11.6 Å². The Morgan fingerprint density at radius 1 is 1.46 bits per heavy atom. The zero-order chi connectivity index (χ0) is 9.90. The maximum Gasteiger partial charge on any atom is 0.0763 e. The molecule has 13 heavy (non-hydrogen) atoms. The summed E-state index contributed by atoms with van der Waals surface area (Å²) in [6.07, 6.45) is 0. The van der Waals surface area contributed by atoms with Gasteiger partial charge in [0.2, 0.25) is 0 Å². The van der Waals surface area contributed by atoms with Crippen molar-refractivity contribution < 1.29 is 5.11 Å². The van der Waals surface area contributed by atoms with Gasteiger partial charge in [0.15, 0.2) is 0 Å². The molecule has 0 unspecified atom stereocenters. The number of benzene rings is 1. The van der Waals surface area contributed by atoms with Gasteiger partial charge in [-0.2, -0.15) is 0 Å². The maximum absolute atomic E-state index is 9.45. The van der Waals surface area contributed by atoms with E-state index in [0.717, 1.165) is 5.69 Å². The van der Waals surface area contributed by atoms with E-state index < -0.39 is 5.60 Å². The van der Waals surface area contributed by atoms with Crippen LogP contribution in [0.25, 0.3) is 0 Å². The van der Waals surface area contributed by atoms with Crippen molar-refractivity contribution in [1.29, 1.82) is 0 Å². The minimum atomic E-state index is -0.706. The molecule has 0 saturated carbocycles. The van der Waals surface area contributed by atoms with Gasteiger partial charge >= 0.3 is 0 Å². The first-order valence-corrected chi connectivity index (χ1v) is 4.57. The van der Waals surface area contributed by atoms with Crippen molar-refractivity contribution in [2.45, 2.75) is 19.4 Å². The first-order valence-electron chi connectivity index (χ1n) is 4.19. The van der Waals surface area contributed by atoms with Crippen LogP contribution < -0.4 is 5.32 Å². The summed E-state index contributed by atoms with van der Waals surface area (Å²) in [6.45, 7) is 4.02. The lowest BCUT2D eigenvalue weighted by Gasteiger charge is -2.18. The second-order valence-corrected chi connectivity index (χ2v) is 4.11. The Labute approximate surface area is 83.5 Å². The van der Waals surface area contributed by atoms with E-state index in [4.69, 9.17) is 11.6 Å². The number of halogens is 1. The van der Waals surface area contributed by atoms with Crippen molar-refractivity contribution >= 4 is 17.3 Å². The second-order valence-electron chi connectivity index (χ2n) is 3.68. The van der Waals surface area contributed by atoms with Crippen LogP contribution in [-0.2, 0) is 0 Å². The number of nitrogens with one attached hydrogen (secondary N) is 1. The predicted molar refractivity (Wildman–Crippen MR) is 56.2 cm³/mol. The Kier molecular flexibility index (Phi) is 3.17. The van der Waals surface area contributed by atoms with Gasteiger partial charge in [-0.3, -0.25) is 0 Å². The highest BCUT2D eigenvalue weighted by atomic mass is 35.5. The Balaban J connectivity index is 2.55. The molecule has 3 heteroatoms. The lowest BCUT2D eigenvalue weighted by Crippen LogP contribution is -2.29. The molecule has 2 N–H and O–H groups in total. The lowest BCUT2D eigenvalue weighted by atomic mass is 10.1. The van der Waals surface area contributed by atoms with E-state index in [9.17, 15) is 5.11 Å². The van der Waals surface area contributed by atoms with Crippen molar-refractivity contribution in [1.82, 2.24) is 0 Å². The van der Waals surface area contributed by atoms with Crippen molar-refractivity contribution in [3.63, 3.8) is 0 Å². The number of rotatable bonds is 3. The van der Waals surface area contributed by atoms with E-state index in [1.807, 2.05) is 24.3 Å². The quantitative estimate of drug-likeness (QED) is 0.784. The standard InChI is InChI=1S/C10H14ClNO/c1-10(2,13)7-12-9-5-3-4-8(11)6-9/h3-6,12-13H,7H2,1-2H3. The SMILES string of the molecule is CC(C)(O)CNc1cccc(Cl)c1. The van der Waals surface area contributed by atoms with Crippen molar-refractivity contribution in [3.05, 3.63) is 29.3 Å². The summed E-state index contributed by atoms with van der Waals surface area (Å²) in [5.74, 6) is 0. The molecule has 0 fully saturated rings. The zero-order valence-electron chi connectivity index (χ0n) is 7.84. The van der Waals surface area contributed by atoms with E-state index >= 15 is 0 Å². The molecule has 0 heterocycles. The monoisotopic (exact) mass is 199 g/mol. The first kappa shape index (κ1) is 10.4. The van der Waals surface area contributed by atoms with Crippen molar-refractivity contribution in [2.24, 2.45) is 0 Å². The third kappa shape index (κ3) is 4.15. The zero-order valence-corrected chi connectivity index (χ0v) is 8.60. The Hall–Kier alpha value is -0.730. The van der Waals surface area contributed by atoms with E-state index in [0.29, 0.717) is 11.6 Å². The number of aliphatic hydroxyl groups is 1. The Morgan fingerprint density at radius 3 is 2.69 bits per heavy atom. The minimum Gasteiger partial charge on any atom is -0.389 e. The molecule has 0 atom stereocenters. The summed E-state index contributed by atoms with van der Waals surface area (Å²) < 4.78 is 0. The molecule has 0 aliphatic rings. The fraction of sp³-hybridized carbons (Fsp3) is 0.400. The van der Waals surface area contributed by atoms with Crippen LogP contribution in [0.4, 0.5) is 5.69 Å². The van der Waals surface area contributed by atoms with Crippen molar-refractivity contribution in [3.8, 4) is 0 Å². The van der Waals surface area contributed by atoms with E-state index in [2.05, 4.69) is 5.32 Å². The van der Waals surface area contributed by atoms with Crippen LogP contribution in [0, 0.1) is 0 Å². The lowest BCUT2D eigenvalue weighted by molar-refractivity contribution is 0.0945. The van der Waals surface area contributed by atoms with Gasteiger partial charge in [0.25, 0.3) is 0 Å². The molecule has 72 valence electrons. The van der Waals surface area contributed by atoms with Gasteiger partial charge in [-0.15, -0.1) is 0 Å². The number of hydrogen-bond donors (Lipinski definition) is 2. The molecule has 2 nitrogen and oxygen atoms in total. The fourth-order valence-electron chi connectivity index (χ4n) is 0.917. The molecule has 0 aliphatic heterocycles. The van der Waals surface area contributed by atoms with Gasteiger partial charge in [-0.1, -0.05) is 17.7 Å². The smallest absolute Gasteiger partial charge is 0.0763 e. The van der Waals surface area contributed by atoms with Gasteiger partial charge in [0, 0.05) is 17.3 Å². The summed E-state index contributed by atoms with van der Waals surface area (Å²) in [5.41, 5.74) is 0.220. The number of hydrogen-bond acceptors (Lipinski definition) is 2. The summed E-state index contributed by atoms with van der Waals surface area (Å²) in [4.78, 5) is 0. The molecule has 0 aromatic heterocycles. The minimum absolute atomic E-state index is 0.507. The summed E-state index contributed by atoms with van der Waals surface area (Å²) >= 11 is 5.79. The summed E-state index contributed by atoms with van der Waals surface area (Å²) in [6, 6.07) is 7.43. The molecule has 0 amide bonds. The fourth-order valence-corrected chi connectivity index (χ4v) is 1.11. The van der Waals surface area contributed by atoms with E-state index in [1.54, 1.807) is 13.8 Å². The topological polar surface area (TPSA) is 32.3 Å². The maximum atomic E-state index is 9.45. The predicted octanol–water partition coefficient (Wildman–Crippen LogP) is 2.52. The highest BCUT2D eigenvalue weighted by Gasteiger charge is 2.11. The van der Waals surface area contributed by atoms with Gasteiger partial charge in [-0.05, 0) is 32.0 Å². The summed E-state index contributed by atoms with van der Waals surface area (Å²) in [5, 5.41) is 13.2. The molecule has 1 aromatic rings. The molecule has 1 rings (SSSR count). The Morgan fingerprint density at radius 2 is 2.15 bits per heavy atom. The van der Waals surface area contributed by atoms with Gasteiger partial charge in [0.1, 0.15) is 0 Å². The molecular formula is C10H14ClNO. The molecule has 0 saturated heterocycles. The van der Waals surface area contributed by atoms with Crippen LogP contribution in [0.15, 0.2) is 24.3 Å². The van der Waals surface area contributed by atoms with Gasteiger partial charge in [-0.25, -0.2) is 0 Å². The summed E-state index contributed by atoms with van der Waals surface area (Å²) in [7, 11) is 0. The normalized spacial score (nSPS) is 11.4. The van der Waals surface area contributed by atoms with Crippen LogP contribution in [0.3, 0.4) is 0 Å². The molecule has 0 spiro atoms. The highest BCUT2D eigenvalue weighted by molar-refractivity contribution is 6.30. The van der Waals surface area contributed by atoms with Crippen molar-refractivity contribution in [2.75, 3.05) is 11.9 Å². The highest BCUT2D eigenvalue weighted by Crippen LogP contribution is 2.15. The molecule has 1 aromatic carbocycles. The Bertz CT molecular complexity index is 280. The van der Waals surface area contributed by atoms with Crippen LogP contribution in [-0.4, -0.2) is 17.3 Å². The molecule has 0 radical (unpaired) electrons. The van der Waals surface area contributed by atoms with Crippen LogP contribution in [0.5, 0.6) is 0 Å². The van der Waals surface area contributed by atoms with Crippen LogP contribution in [0.2, 0.25) is 5.02 Å². The largest absolute Gasteiger partial charge is 0.389 e. The van der Waals surface area contributed by atoms with E-state index in [1.165, 1.54) is 0 Å². The second kappa shape index (κ2) is 3.99. The molecule has 0 bridgehead atoms. The van der Waals surface area contributed by atoms with E-state index in [-0.39, 0.29) is 0 Å². The number of anilines is 1. The average molecular weight is 200 g/mol. The molecule has 0 aliphatic carbocycles. The first-order chi connectivity index (χ1) is 5.97. The van der Waals surface area contributed by atoms with Gasteiger partial charge in [0.05, 0.1) is 5.60 Å². The van der Waals surface area contributed by atoms with Crippen LogP contribution in [0.1, 0.15) is 13.8 Å². The van der Waals surface area contributed by atoms with Gasteiger partial charge < -0.3 is 10.4 Å². The molecular weight excluding hydrogens is 186 g/mol.